The van der Waals surface area contributed by atoms with Gasteiger partial charge in [-0.1, -0.05) is 23.4 Å². The molecule has 2 aromatic rings. The lowest BCUT2D eigenvalue weighted by molar-refractivity contribution is -0.128. The number of aryl methyl sites for hydroxylation is 1. The number of anilines is 2. The molecule has 2 fully saturated rings. The fourth-order valence-electron chi connectivity index (χ4n) is 4.40. The van der Waals surface area contributed by atoms with Crippen molar-refractivity contribution in [3.8, 4) is 5.75 Å². The maximum atomic E-state index is 13.2. The normalized spacial score (nSPS) is 30.0. The number of hydrogen-bond donors (Lipinski definition) is 1. The van der Waals surface area contributed by atoms with Crippen molar-refractivity contribution in [2.75, 3.05) is 23.9 Å². The molecule has 8 heteroatoms. The second-order valence-electron chi connectivity index (χ2n) is 7.34. The molecule has 8 nitrogen and oxygen atoms in total. The van der Waals surface area contributed by atoms with Crippen LogP contribution in [-0.4, -0.2) is 42.3 Å². The quantitative estimate of drug-likeness (QED) is 0.814. The van der Waals surface area contributed by atoms with Gasteiger partial charge in [-0.2, -0.15) is 0 Å². The van der Waals surface area contributed by atoms with E-state index in [0.717, 1.165) is 0 Å². The number of benzene rings is 1. The highest BCUT2D eigenvalue weighted by molar-refractivity contribution is 6.05. The van der Waals surface area contributed by atoms with Crippen LogP contribution in [0.4, 0.5) is 11.5 Å². The monoisotopic (exact) mass is 381 g/mol. The van der Waals surface area contributed by atoms with Crippen molar-refractivity contribution in [1.82, 2.24) is 5.16 Å². The number of carbonyl (C=O) groups is 2. The van der Waals surface area contributed by atoms with E-state index in [0.29, 0.717) is 29.6 Å². The minimum absolute atomic E-state index is 0.175. The molecular weight excluding hydrogens is 362 g/mol. The van der Waals surface area contributed by atoms with Crippen LogP contribution in [0.5, 0.6) is 5.75 Å². The minimum atomic E-state index is -0.801. The first-order valence-corrected chi connectivity index (χ1v) is 9.07. The van der Waals surface area contributed by atoms with Gasteiger partial charge in [0.15, 0.2) is 5.82 Å². The number of rotatable bonds is 4. The van der Waals surface area contributed by atoms with Crippen molar-refractivity contribution in [2.45, 2.75) is 18.6 Å². The van der Waals surface area contributed by atoms with Crippen LogP contribution in [0.1, 0.15) is 5.76 Å². The van der Waals surface area contributed by atoms with Crippen LogP contribution in [0, 0.1) is 18.8 Å². The lowest BCUT2D eigenvalue weighted by Gasteiger charge is -2.23. The van der Waals surface area contributed by atoms with E-state index < -0.39 is 23.5 Å². The molecule has 0 radical (unpaired) electrons. The number of aromatic nitrogens is 1. The lowest BCUT2D eigenvalue weighted by Crippen LogP contribution is -2.41. The van der Waals surface area contributed by atoms with Crippen LogP contribution in [0.15, 0.2) is 47.0 Å². The fraction of sp³-hybridized carbons (Fsp3) is 0.350. The smallest absolute Gasteiger partial charge is 0.235 e. The zero-order chi connectivity index (χ0) is 19.5. The summed E-state index contributed by atoms with van der Waals surface area (Å²) in [7, 11) is 1.57. The first-order chi connectivity index (χ1) is 13.5. The Bertz CT molecular complexity index is 999. The van der Waals surface area contributed by atoms with E-state index in [1.165, 1.54) is 0 Å². The van der Waals surface area contributed by atoms with E-state index in [1.54, 1.807) is 49.3 Å². The van der Waals surface area contributed by atoms with Gasteiger partial charge in [-0.05, 0) is 19.1 Å². The summed E-state index contributed by atoms with van der Waals surface area (Å²) in [6.07, 6.45) is 3.36. The molecule has 28 heavy (non-hydrogen) atoms. The Kier molecular flexibility index (Phi) is 3.60. The van der Waals surface area contributed by atoms with E-state index in [-0.39, 0.29) is 11.8 Å². The Hall–Kier alpha value is -3.13. The van der Waals surface area contributed by atoms with Gasteiger partial charge in [0.05, 0.1) is 31.6 Å². The molecule has 2 saturated heterocycles. The number of nitrogens with one attached hydrogen (secondary N) is 1. The topological polar surface area (TPSA) is 93.9 Å². The molecule has 0 saturated carbocycles. The first kappa shape index (κ1) is 17.0. The molecule has 0 aliphatic carbocycles. The Balaban J connectivity index is 1.42. The number of methoxy groups -OCH3 is 1. The molecule has 3 unspecified atom stereocenters. The third kappa shape index (κ3) is 2.37. The summed E-state index contributed by atoms with van der Waals surface area (Å²) in [5, 5.41) is 6.84. The number of amides is 2. The predicted octanol–water partition coefficient (Wildman–Crippen LogP) is 1.92. The largest absolute Gasteiger partial charge is 0.497 e. The third-order valence-corrected chi connectivity index (χ3v) is 5.63. The Morgan fingerprint density at radius 2 is 2.25 bits per heavy atom. The van der Waals surface area contributed by atoms with E-state index in [1.807, 2.05) is 12.2 Å². The zero-order valence-corrected chi connectivity index (χ0v) is 15.4. The van der Waals surface area contributed by atoms with Crippen molar-refractivity contribution in [3.05, 3.63) is 48.2 Å². The molecule has 3 aliphatic heterocycles. The van der Waals surface area contributed by atoms with Crippen LogP contribution in [0.3, 0.4) is 0 Å². The predicted molar refractivity (Wildman–Crippen MR) is 98.9 cm³/mol. The number of hydrogen-bond acceptors (Lipinski definition) is 6. The van der Waals surface area contributed by atoms with Crippen molar-refractivity contribution >= 4 is 23.3 Å². The van der Waals surface area contributed by atoms with Gasteiger partial charge >= 0.3 is 0 Å². The van der Waals surface area contributed by atoms with Gasteiger partial charge in [-0.15, -0.1) is 0 Å². The van der Waals surface area contributed by atoms with Gasteiger partial charge in [0.25, 0.3) is 0 Å². The summed E-state index contributed by atoms with van der Waals surface area (Å²) >= 11 is 0. The number of fused-ring (bicyclic) bond motifs is 1. The van der Waals surface area contributed by atoms with Crippen LogP contribution in [0.2, 0.25) is 0 Å². The van der Waals surface area contributed by atoms with Crippen molar-refractivity contribution in [3.63, 3.8) is 0 Å². The van der Waals surface area contributed by atoms with E-state index in [9.17, 15) is 9.59 Å². The summed E-state index contributed by atoms with van der Waals surface area (Å²) in [5.74, 6) is 0.0748. The van der Waals surface area contributed by atoms with Gasteiger partial charge in [0.2, 0.25) is 11.8 Å². The first-order valence-electron chi connectivity index (χ1n) is 9.07. The molecular formula is C20H19N3O5. The molecule has 2 bridgehead atoms. The van der Waals surface area contributed by atoms with Crippen LogP contribution >= 0.6 is 0 Å². The van der Waals surface area contributed by atoms with E-state index >= 15 is 0 Å². The maximum absolute atomic E-state index is 13.2. The van der Waals surface area contributed by atoms with Gasteiger partial charge in [0.1, 0.15) is 17.1 Å². The standard InChI is InChI=1S/C20H19N3O5/c1-11-8-15(22-28-11)23-10-20-7-6-14(27-20)16(17(20)19(23)25)18(24)21-12-4-3-5-13(9-12)26-2/h3-9,14,16-17H,10H2,1-2H3,(H,21,24)/t14-,16?,17?,20?/m1/s1. The molecule has 5 rings (SSSR count). The lowest BCUT2D eigenvalue weighted by atomic mass is 9.77. The molecule has 3 aliphatic rings. The summed E-state index contributed by atoms with van der Waals surface area (Å²) in [4.78, 5) is 27.8. The Morgan fingerprint density at radius 3 is 3.00 bits per heavy atom. The molecule has 144 valence electrons. The highest BCUT2D eigenvalue weighted by Crippen LogP contribution is 2.52. The number of ether oxygens (including phenoxy) is 2. The Labute approximate surface area is 161 Å². The SMILES string of the molecule is COc1cccc(NC(=O)C2C3C(=O)N(c4cc(C)on4)CC34C=C[C@H]2O4)c1. The van der Waals surface area contributed by atoms with Crippen molar-refractivity contribution < 1.29 is 23.6 Å². The molecule has 1 spiro atoms. The molecule has 2 amide bonds. The summed E-state index contributed by atoms with van der Waals surface area (Å²) < 4.78 is 16.4. The summed E-state index contributed by atoms with van der Waals surface area (Å²) in [6.45, 7) is 2.08. The Morgan fingerprint density at radius 1 is 1.39 bits per heavy atom. The van der Waals surface area contributed by atoms with Gasteiger partial charge in [-0.25, -0.2) is 0 Å². The molecule has 4 atom stereocenters. The fourth-order valence-corrected chi connectivity index (χ4v) is 4.40. The third-order valence-electron chi connectivity index (χ3n) is 5.63. The number of carbonyl (C=O) groups excluding carboxylic acids is 2. The van der Waals surface area contributed by atoms with Gasteiger partial charge < -0.3 is 19.3 Å². The van der Waals surface area contributed by atoms with Crippen LogP contribution < -0.4 is 15.0 Å². The molecule has 1 aromatic heterocycles. The van der Waals surface area contributed by atoms with Crippen molar-refractivity contribution in [1.29, 1.82) is 0 Å². The summed E-state index contributed by atoms with van der Waals surface area (Å²) in [6, 6.07) is 8.81. The molecule has 1 aromatic carbocycles. The van der Waals surface area contributed by atoms with Gasteiger partial charge in [-0.3, -0.25) is 14.5 Å². The van der Waals surface area contributed by atoms with E-state index in [2.05, 4.69) is 10.5 Å². The van der Waals surface area contributed by atoms with E-state index in [4.69, 9.17) is 14.0 Å². The average molecular weight is 381 g/mol. The highest BCUT2D eigenvalue weighted by Gasteiger charge is 2.67. The summed E-state index contributed by atoms with van der Waals surface area (Å²) in [5.41, 5.74) is -0.190. The average Bonchev–Trinajstić information content (AvgIpc) is 3.43. The maximum Gasteiger partial charge on any atom is 0.235 e. The second-order valence-corrected chi connectivity index (χ2v) is 7.34. The van der Waals surface area contributed by atoms with Crippen molar-refractivity contribution in [2.24, 2.45) is 11.8 Å². The second kappa shape index (κ2) is 5.93. The number of nitrogens with zero attached hydrogens (tertiary/aromatic N) is 2. The van der Waals surface area contributed by atoms with Crippen LogP contribution in [0.25, 0.3) is 0 Å². The zero-order valence-electron chi connectivity index (χ0n) is 15.4. The highest BCUT2D eigenvalue weighted by atomic mass is 16.5. The molecule has 1 N–H and O–H groups in total. The van der Waals surface area contributed by atoms with Gasteiger partial charge in [0, 0.05) is 17.8 Å². The van der Waals surface area contributed by atoms with Crippen LogP contribution in [-0.2, 0) is 14.3 Å². The minimum Gasteiger partial charge on any atom is -0.497 e. The molecule has 4 heterocycles.